The van der Waals surface area contributed by atoms with Gasteiger partial charge >= 0.3 is 0 Å². The standard InChI is InChI=1S/C15H12ClNOS/c16-11-5-6-13(17-8-11)14(18)7-10-9-19-15-4-2-1-3-12(10)15/h1-6,8-9,14,18H,7H2. The van der Waals surface area contributed by atoms with E-state index in [1.54, 1.807) is 29.7 Å². The number of hydrogen-bond donors (Lipinski definition) is 1. The molecule has 0 aliphatic heterocycles. The van der Waals surface area contributed by atoms with Crippen molar-refractivity contribution in [3.63, 3.8) is 0 Å². The maximum absolute atomic E-state index is 10.2. The Morgan fingerprint density at radius 3 is 2.84 bits per heavy atom. The van der Waals surface area contributed by atoms with Crippen molar-refractivity contribution in [3.8, 4) is 0 Å². The van der Waals surface area contributed by atoms with Crippen LogP contribution in [-0.4, -0.2) is 10.1 Å². The van der Waals surface area contributed by atoms with E-state index in [1.165, 1.54) is 10.1 Å². The van der Waals surface area contributed by atoms with Crippen LogP contribution in [0.3, 0.4) is 0 Å². The Labute approximate surface area is 120 Å². The quantitative estimate of drug-likeness (QED) is 0.783. The van der Waals surface area contributed by atoms with E-state index in [9.17, 15) is 5.11 Å². The third kappa shape index (κ3) is 2.63. The lowest BCUT2D eigenvalue weighted by molar-refractivity contribution is 0.174. The Kier molecular flexibility index (Phi) is 3.51. The van der Waals surface area contributed by atoms with Crippen molar-refractivity contribution in [2.45, 2.75) is 12.5 Å². The normalized spacial score (nSPS) is 12.7. The summed E-state index contributed by atoms with van der Waals surface area (Å²) in [6.45, 7) is 0. The first kappa shape index (κ1) is 12.6. The highest BCUT2D eigenvalue weighted by molar-refractivity contribution is 7.17. The number of pyridine rings is 1. The summed E-state index contributed by atoms with van der Waals surface area (Å²) in [7, 11) is 0. The highest BCUT2D eigenvalue weighted by Gasteiger charge is 2.12. The van der Waals surface area contributed by atoms with E-state index >= 15 is 0 Å². The summed E-state index contributed by atoms with van der Waals surface area (Å²) in [4.78, 5) is 4.16. The fourth-order valence-electron chi connectivity index (χ4n) is 2.09. The van der Waals surface area contributed by atoms with E-state index < -0.39 is 6.10 Å². The highest BCUT2D eigenvalue weighted by atomic mass is 35.5. The summed E-state index contributed by atoms with van der Waals surface area (Å²) >= 11 is 7.50. The molecule has 0 aliphatic rings. The van der Waals surface area contributed by atoms with E-state index in [-0.39, 0.29) is 0 Å². The van der Waals surface area contributed by atoms with Gasteiger partial charge in [0, 0.05) is 17.3 Å². The lowest BCUT2D eigenvalue weighted by Gasteiger charge is -2.09. The number of fused-ring (bicyclic) bond motifs is 1. The lowest BCUT2D eigenvalue weighted by atomic mass is 10.0. The van der Waals surface area contributed by atoms with Crippen LogP contribution in [0.2, 0.25) is 5.02 Å². The molecule has 2 heterocycles. The number of benzene rings is 1. The monoisotopic (exact) mass is 289 g/mol. The van der Waals surface area contributed by atoms with Gasteiger partial charge in [-0.2, -0.15) is 0 Å². The molecule has 0 radical (unpaired) electrons. The van der Waals surface area contributed by atoms with E-state index in [0.29, 0.717) is 17.1 Å². The molecule has 0 bridgehead atoms. The molecule has 0 amide bonds. The van der Waals surface area contributed by atoms with E-state index in [1.807, 2.05) is 12.1 Å². The molecule has 0 spiro atoms. The minimum Gasteiger partial charge on any atom is -0.386 e. The predicted octanol–water partition coefficient (Wildman–Crippen LogP) is 4.23. The smallest absolute Gasteiger partial charge is 0.1000 e. The van der Waals surface area contributed by atoms with Crippen molar-refractivity contribution >= 4 is 33.0 Å². The highest BCUT2D eigenvalue weighted by Crippen LogP contribution is 2.29. The molecular formula is C15H12ClNOS. The van der Waals surface area contributed by atoms with Crippen LogP contribution in [-0.2, 0) is 6.42 Å². The zero-order valence-corrected chi connectivity index (χ0v) is 11.7. The van der Waals surface area contributed by atoms with Gasteiger partial charge in [0.2, 0.25) is 0 Å². The second-order valence-electron chi connectivity index (χ2n) is 4.38. The second-order valence-corrected chi connectivity index (χ2v) is 5.73. The number of nitrogens with zero attached hydrogens (tertiary/aromatic N) is 1. The average Bonchev–Trinajstić information content (AvgIpc) is 2.83. The molecule has 3 aromatic rings. The van der Waals surface area contributed by atoms with Crippen LogP contribution in [0.1, 0.15) is 17.4 Å². The van der Waals surface area contributed by atoms with Crippen molar-refractivity contribution < 1.29 is 5.11 Å². The Morgan fingerprint density at radius 1 is 1.21 bits per heavy atom. The zero-order valence-electron chi connectivity index (χ0n) is 10.1. The number of halogens is 1. The molecule has 0 saturated carbocycles. The molecule has 1 aromatic carbocycles. The fraction of sp³-hybridized carbons (Fsp3) is 0.133. The summed E-state index contributed by atoms with van der Waals surface area (Å²) in [5, 5.41) is 14.1. The molecule has 4 heteroatoms. The number of aliphatic hydroxyl groups excluding tert-OH is 1. The van der Waals surface area contributed by atoms with Gasteiger partial charge in [-0.25, -0.2) is 0 Å². The Balaban J connectivity index is 1.86. The molecule has 0 aliphatic carbocycles. The van der Waals surface area contributed by atoms with Gasteiger partial charge < -0.3 is 5.11 Å². The predicted molar refractivity (Wildman–Crippen MR) is 79.7 cm³/mol. The topological polar surface area (TPSA) is 33.1 Å². The Bertz CT molecular complexity index is 693. The lowest BCUT2D eigenvalue weighted by Crippen LogP contribution is -2.03. The average molecular weight is 290 g/mol. The van der Waals surface area contributed by atoms with Gasteiger partial charge in [0.05, 0.1) is 16.8 Å². The third-order valence-corrected chi connectivity index (χ3v) is 4.30. The Hall–Kier alpha value is -1.42. The van der Waals surface area contributed by atoms with Crippen molar-refractivity contribution in [2.24, 2.45) is 0 Å². The number of aliphatic hydroxyl groups is 1. The van der Waals surface area contributed by atoms with Gasteiger partial charge in [0.15, 0.2) is 0 Å². The molecule has 19 heavy (non-hydrogen) atoms. The van der Waals surface area contributed by atoms with Crippen LogP contribution < -0.4 is 0 Å². The van der Waals surface area contributed by atoms with Crippen LogP contribution in [0, 0.1) is 0 Å². The molecule has 2 aromatic heterocycles. The molecule has 96 valence electrons. The van der Waals surface area contributed by atoms with E-state index in [0.717, 1.165) is 5.56 Å². The molecule has 0 fully saturated rings. The van der Waals surface area contributed by atoms with E-state index in [4.69, 9.17) is 11.6 Å². The first-order valence-electron chi connectivity index (χ1n) is 5.98. The molecule has 0 saturated heterocycles. The van der Waals surface area contributed by atoms with Crippen LogP contribution in [0.4, 0.5) is 0 Å². The summed E-state index contributed by atoms with van der Waals surface area (Å²) in [6.07, 6.45) is 1.53. The number of aromatic nitrogens is 1. The first-order chi connectivity index (χ1) is 9.24. The maximum Gasteiger partial charge on any atom is 0.1000 e. The molecule has 1 atom stereocenters. The number of rotatable bonds is 3. The van der Waals surface area contributed by atoms with Gasteiger partial charge in [0.1, 0.15) is 0 Å². The van der Waals surface area contributed by atoms with Gasteiger partial charge in [0.25, 0.3) is 0 Å². The van der Waals surface area contributed by atoms with Crippen LogP contribution in [0.5, 0.6) is 0 Å². The molecule has 2 nitrogen and oxygen atoms in total. The van der Waals surface area contributed by atoms with Crippen molar-refractivity contribution in [3.05, 3.63) is 64.3 Å². The first-order valence-corrected chi connectivity index (χ1v) is 7.24. The molecule has 1 unspecified atom stereocenters. The van der Waals surface area contributed by atoms with Crippen LogP contribution in [0.15, 0.2) is 48.0 Å². The summed E-state index contributed by atoms with van der Waals surface area (Å²) in [5.74, 6) is 0. The fourth-order valence-corrected chi connectivity index (χ4v) is 3.18. The van der Waals surface area contributed by atoms with Crippen LogP contribution in [0.25, 0.3) is 10.1 Å². The van der Waals surface area contributed by atoms with E-state index in [2.05, 4.69) is 22.5 Å². The van der Waals surface area contributed by atoms with Gasteiger partial charge in [-0.15, -0.1) is 11.3 Å². The Morgan fingerprint density at radius 2 is 2.05 bits per heavy atom. The third-order valence-electron chi connectivity index (χ3n) is 3.07. The molecule has 3 rings (SSSR count). The van der Waals surface area contributed by atoms with Gasteiger partial charge in [-0.05, 0) is 34.5 Å². The SMILES string of the molecule is OC(Cc1csc2ccccc12)c1ccc(Cl)cn1. The summed E-state index contributed by atoms with van der Waals surface area (Å²) < 4.78 is 1.24. The van der Waals surface area contributed by atoms with Crippen molar-refractivity contribution in [2.75, 3.05) is 0 Å². The van der Waals surface area contributed by atoms with Gasteiger partial charge in [-0.1, -0.05) is 29.8 Å². The van der Waals surface area contributed by atoms with Gasteiger partial charge in [-0.3, -0.25) is 4.98 Å². The molecule has 1 N–H and O–H groups in total. The second kappa shape index (κ2) is 5.29. The maximum atomic E-state index is 10.2. The summed E-state index contributed by atoms with van der Waals surface area (Å²) in [6, 6.07) is 11.7. The summed E-state index contributed by atoms with van der Waals surface area (Å²) in [5.41, 5.74) is 1.81. The zero-order chi connectivity index (χ0) is 13.2. The molecular weight excluding hydrogens is 278 g/mol. The van der Waals surface area contributed by atoms with Crippen molar-refractivity contribution in [1.82, 2.24) is 4.98 Å². The minimum atomic E-state index is -0.602. The van der Waals surface area contributed by atoms with Crippen LogP contribution >= 0.6 is 22.9 Å². The van der Waals surface area contributed by atoms with Crippen molar-refractivity contribution in [1.29, 1.82) is 0 Å². The largest absolute Gasteiger partial charge is 0.386 e. The minimum absolute atomic E-state index is 0.568. The number of hydrogen-bond acceptors (Lipinski definition) is 3. The number of thiophene rings is 1.